The van der Waals surface area contributed by atoms with Gasteiger partial charge in [0, 0.05) is 12.6 Å². The van der Waals surface area contributed by atoms with Crippen LogP contribution in [0.2, 0.25) is 0 Å². The van der Waals surface area contributed by atoms with E-state index in [4.69, 9.17) is 4.74 Å². The van der Waals surface area contributed by atoms with Crippen molar-refractivity contribution in [3.05, 3.63) is 0 Å². The monoisotopic (exact) mass is 222 g/mol. The zero-order valence-electron chi connectivity index (χ0n) is 8.71. The van der Waals surface area contributed by atoms with Crippen molar-refractivity contribution < 1.29 is 9.53 Å². The van der Waals surface area contributed by atoms with E-state index < -0.39 is 0 Å². The number of hydrogen-bond acceptors (Lipinski definition) is 3. The topological polar surface area (TPSA) is 50.4 Å². The van der Waals surface area contributed by atoms with Gasteiger partial charge in [0.25, 0.3) is 0 Å². The first-order valence-corrected chi connectivity index (χ1v) is 4.86. The highest BCUT2D eigenvalue weighted by Gasteiger charge is 2.16. The van der Waals surface area contributed by atoms with Gasteiger partial charge in [0.05, 0.1) is 6.10 Å². The normalized spacial score (nSPS) is 21.2. The lowest BCUT2D eigenvalue weighted by molar-refractivity contribution is 0.110. The smallest absolute Gasteiger partial charge is 0.407 e. The largest absolute Gasteiger partial charge is 0.447 e. The standard InChI is InChI=1S/C9H18N2O2.ClH/c1-7(2)13-9(12)11-8-4-3-5-10-6-8;/h7-8,10H,3-6H2,1-2H3,(H,11,12);1H. The molecule has 0 aromatic heterocycles. The van der Waals surface area contributed by atoms with Gasteiger partial charge in [0.15, 0.2) is 0 Å². The molecule has 0 aliphatic carbocycles. The maximum absolute atomic E-state index is 11.2. The van der Waals surface area contributed by atoms with Crippen LogP contribution in [0.15, 0.2) is 0 Å². The Hall–Kier alpha value is -0.480. The van der Waals surface area contributed by atoms with Crippen molar-refractivity contribution in [1.82, 2.24) is 10.6 Å². The van der Waals surface area contributed by atoms with Gasteiger partial charge in [-0.1, -0.05) is 0 Å². The van der Waals surface area contributed by atoms with E-state index in [1.807, 2.05) is 13.8 Å². The molecule has 14 heavy (non-hydrogen) atoms. The molecule has 0 bridgehead atoms. The summed E-state index contributed by atoms with van der Waals surface area (Å²) in [6.45, 7) is 5.60. The molecule has 1 saturated heterocycles. The predicted molar refractivity (Wildman–Crippen MR) is 57.9 cm³/mol. The Labute approximate surface area is 91.2 Å². The number of ether oxygens (including phenoxy) is 1. The molecule has 0 aromatic rings. The summed E-state index contributed by atoms with van der Waals surface area (Å²) in [4.78, 5) is 11.2. The van der Waals surface area contributed by atoms with E-state index >= 15 is 0 Å². The van der Waals surface area contributed by atoms with Crippen LogP contribution >= 0.6 is 12.4 Å². The molecule has 1 aliphatic rings. The highest BCUT2D eigenvalue weighted by Crippen LogP contribution is 2.01. The Morgan fingerprint density at radius 3 is 2.79 bits per heavy atom. The second kappa shape index (κ2) is 6.90. The molecule has 1 heterocycles. The number of rotatable bonds is 2. The third kappa shape index (κ3) is 5.29. The fourth-order valence-corrected chi connectivity index (χ4v) is 1.39. The number of halogens is 1. The third-order valence-electron chi connectivity index (χ3n) is 1.96. The predicted octanol–water partition coefficient (Wildman–Crippen LogP) is 1.29. The van der Waals surface area contributed by atoms with E-state index in [9.17, 15) is 4.79 Å². The van der Waals surface area contributed by atoms with Crippen LogP contribution in [0.3, 0.4) is 0 Å². The average molecular weight is 223 g/mol. The van der Waals surface area contributed by atoms with Crippen molar-refractivity contribution in [2.45, 2.75) is 38.8 Å². The molecule has 0 saturated carbocycles. The fraction of sp³-hybridized carbons (Fsp3) is 0.889. The van der Waals surface area contributed by atoms with E-state index in [-0.39, 0.29) is 30.6 Å². The molecule has 5 heteroatoms. The van der Waals surface area contributed by atoms with Gasteiger partial charge in [0.1, 0.15) is 0 Å². The van der Waals surface area contributed by atoms with Crippen molar-refractivity contribution in [3.63, 3.8) is 0 Å². The first kappa shape index (κ1) is 13.5. The number of alkyl carbamates (subject to hydrolysis) is 1. The first-order valence-electron chi connectivity index (χ1n) is 4.86. The van der Waals surface area contributed by atoms with Gasteiger partial charge < -0.3 is 15.4 Å². The molecular formula is C9H19ClN2O2. The van der Waals surface area contributed by atoms with Gasteiger partial charge in [-0.05, 0) is 33.2 Å². The van der Waals surface area contributed by atoms with Gasteiger partial charge in [-0.25, -0.2) is 4.79 Å². The SMILES string of the molecule is CC(C)OC(=O)NC1CCCNC1.Cl. The van der Waals surface area contributed by atoms with Gasteiger partial charge in [0.2, 0.25) is 0 Å². The van der Waals surface area contributed by atoms with Crippen LogP contribution in [0.5, 0.6) is 0 Å². The summed E-state index contributed by atoms with van der Waals surface area (Å²) in [7, 11) is 0. The molecule has 1 fully saturated rings. The van der Waals surface area contributed by atoms with Gasteiger partial charge in [-0.3, -0.25) is 0 Å². The molecule has 1 unspecified atom stereocenters. The van der Waals surface area contributed by atoms with E-state index in [1.165, 1.54) is 0 Å². The van der Waals surface area contributed by atoms with Crippen LogP contribution in [0.4, 0.5) is 4.79 Å². The molecule has 0 aromatic carbocycles. The molecule has 0 spiro atoms. The summed E-state index contributed by atoms with van der Waals surface area (Å²) in [5.41, 5.74) is 0. The Balaban J connectivity index is 0.00000169. The number of carbonyl (C=O) groups excluding carboxylic acids is 1. The van der Waals surface area contributed by atoms with E-state index in [0.717, 1.165) is 25.9 Å². The molecule has 0 radical (unpaired) electrons. The summed E-state index contributed by atoms with van der Waals surface area (Å²) >= 11 is 0. The lowest BCUT2D eigenvalue weighted by atomic mass is 10.1. The van der Waals surface area contributed by atoms with Gasteiger partial charge in [-0.15, -0.1) is 12.4 Å². The summed E-state index contributed by atoms with van der Waals surface area (Å²) in [6, 6.07) is 0.236. The Morgan fingerprint density at radius 1 is 1.57 bits per heavy atom. The van der Waals surface area contributed by atoms with Gasteiger partial charge in [-0.2, -0.15) is 0 Å². The maximum atomic E-state index is 11.2. The number of nitrogens with one attached hydrogen (secondary N) is 2. The summed E-state index contributed by atoms with van der Waals surface area (Å²) in [6.07, 6.45) is 1.81. The fourth-order valence-electron chi connectivity index (χ4n) is 1.39. The minimum absolute atomic E-state index is 0. The Kier molecular flexibility index (Phi) is 6.66. The zero-order valence-corrected chi connectivity index (χ0v) is 9.52. The minimum Gasteiger partial charge on any atom is -0.447 e. The van der Waals surface area contributed by atoms with Crippen LogP contribution in [0.1, 0.15) is 26.7 Å². The van der Waals surface area contributed by atoms with Crippen molar-refractivity contribution in [1.29, 1.82) is 0 Å². The van der Waals surface area contributed by atoms with Crippen molar-refractivity contribution in [2.75, 3.05) is 13.1 Å². The van der Waals surface area contributed by atoms with E-state index in [2.05, 4.69) is 10.6 Å². The molecule has 2 N–H and O–H groups in total. The molecule has 4 nitrogen and oxygen atoms in total. The summed E-state index contributed by atoms with van der Waals surface area (Å²) in [5.74, 6) is 0. The van der Waals surface area contributed by atoms with Crippen LogP contribution in [-0.4, -0.2) is 31.3 Å². The lowest BCUT2D eigenvalue weighted by Gasteiger charge is -2.23. The number of carbonyl (C=O) groups is 1. The molecule has 1 aliphatic heterocycles. The lowest BCUT2D eigenvalue weighted by Crippen LogP contribution is -2.46. The van der Waals surface area contributed by atoms with Crippen LogP contribution in [0.25, 0.3) is 0 Å². The number of amides is 1. The van der Waals surface area contributed by atoms with Crippen molar-refractivity contribution in [2.24, 2.45) is 0 Å². The molecule has 84 valence electrons. The second-order valence-electron chi connectivity index (χ2n) is 3.64. The second-order valence-corrected chi connectivity index (χ2v) is 3.64. The third-order valence-corrected chi connectivity index (χ3v) is 1.96. The van der Waals surface area contributed by atoms with Crippen LogP contribution in [-0.2, 0) is 4.74 Å². The summed E-state index contributed by atoms with van der Waals surface area (Å²) < 4.78 is 4.98. The number of piperidine rings is 1. The molecule has 1 atom stereocenters. The Bertz CT molecular complexity index is 170. The minimum atomic E-state index is -0.302. The van der Waals surface area contributed by atoms with Crippen molar-refractivity contribution in [3.8, 4) is 0 Å². The quantitative estimate of drug-likeness (QED) is 0.741. The molecular weight excluding hydrogens is 204 g/mol. The average Bonchev–Trinajstić information content (AvgIpc) is 2.04. The maximum Gasteiger partial charge on any atom is 0.407 e. The van der Waals surface area contributed by atoms with Gasteiger partial charge >= 0.3 is 6.09 Å². The Morgan fingerprint density at radius 2 is 2.29 bits per heavy atom. The van der Waals surface area contributed by atoms with Crippen LogP contribution in [0, 0.1) is 0 Å². The number of hydrogen-bond donors (Lipinski definition) is 2. The first-order chi connectivity index (χ1) is 6.18. The van der Waals surface area contributed by atoms with Crippen molar-refractivity contribution >= 4 is 18.5 Å². The van der Waals surface area contributed by atoms with Crippen LogP contribution < -0.4 is 10.6 Å². The molecule has 1 rings (SSSR count). The highest BCUT2D eigenvalue weighted by atomic mass is 35.5. The van der Waals surface area contributed by atoms with E-state index in [0.29, 0.717) is 0 Å². The highest BCUT2D eigenvalue weighted by molar-refractivity contribution is 5.85. The summed E-state index contributed by atoms with van der Waals surface area (Å²) in [5, 5.41) is 6.05. The molecule has 1 amide bonds. The zero-order chi connectivity index (χ0) is 9.68. The van der Waals surface area contributed by atoms with E-state index in [1.54, 1.807) is 0 Å².